The van der Waals surface area contributed by atoms with Gasteiger partial charge in [-0.15, -0.1) is 0 Å². The molecular weight excluding hydrogens is 234 g/mol. The van der Waals surface area contributed by atoms with Crippen LogP contribution >= 0.6 is 0 Å². The minimum atomic E-state index is -0.568. The van der Waals surface area contributed by atoms with Gasteiger partial charge in [0.05, 0.1) is 23.1 Å². The molecule has 6 nitrogen and oxygen atoms in total. The number of phenolic OH excluding ortho intramolecular Hbond substituents is 2. The molecule has 1 heterocycles. The first-order chi connectivity index (χ1) is 8.59. The van der Waals surface area contributed by atoms with Crippen LogP contribution in [0.15, 0.2) is 36.7 Å². The maximum Gasteiger partial charge on any atom is 0.259 e. The molecule has 0 spiro atoms. The zero-order valence-electron chi connectivity index (χ0n) is 9.29. The fourth-order valence-corrected chi connectivity index (χ4v) is 1.42. The van der Waals surface area contributed by atoms with Crippen LogP contribution in [-0.4, -0.2) is 21.1 Å². The zero-order valence-corrected chi connectivity index (χ0v) is 9.29. The molecule has 0 bridgehead atoms. The van der Waals surface area contributed by atoms with E-state index < -0.39 is 11.7 Å². The summed E-state index contributed by atoms with van der Waals surface area (Å²) in [6.45, 7) is 0. The number of carbonyl (C=O) groups excluding carboxylic acids is 1. The Hall–Kier alpha value is -2.76. The molecule has 92 valence electrons. The molecular formula is C12H11N3O3. The fraction of sp³-hybridized carbons (Fsp3) is 0. The number of nitrogens with one attached hydrogen (secondary N) is 1. The summed E-state index contributed by atoms with van der Waals surface area (Å²) >= 11 is 0. The number of rotatable bonds is 2. The Bertz CT molecular complexity index is 599. The van der Waals surface area contributed by atoms with E-state index in [0.29, 0.717) is 11.4 Å². The molecule has 1 amide bonds. The maximum absolute atomic E-state index is 11.9. The van der Waals surface area contributed by atoms with E-state index in [-0.39, 0.29) is 11.3 Å². The van der Waals surface area contributed by atoms with Gasteiger partial charge in [0.15, 0.2) is 11.5 Å². The Morgan fingerprint density at radius 2 is 2.06 bits per heavy atom. The summed E-state index contributed by atoms with van der Waals surface area (Å²) in [5.74, 6) is -1.39. The SMILES string of the molecule is Nc1cnccc1NC(=O)c1cccc(O)c1O. The number of nitrogens with two attached hydrogens (primary N) is 1. The predicted molar refractivity (Wildman–Crippen MR) is 66.4 cm³/mol. The van der Waals surface area contributed by atoms with Gasteiger partial charge < -0.3 is 21.3 Å². The molecule has 0 fully saturated rings. The highest BCUT2D eigenvalue weighted by Gasteiger charge is 2.14. The highest BCUT2D eigenvalue weighted by Crippen LogP contribution is 2.29. The van der Waals surface area contributed by atoms with Crippen LogP contribution in [0.1, 0.15) is 10.4 Å². The number of pyridine rings is 1. The molecule has 0 atom stereocenters. The largest absolute Gasteiger partial charge is 0.504 e. The second kappa shape index (κ2) is 4.62. The normalized spacial score (nSPS) is 10.0. The summed E-state index contributed by atoms with van der Waals surface area (Å²) in [5, 5.41) is 21.4. The smallest absolute Gasteiger partial charge is 0.259 e. The lowest BCUT2D eigenvalue weighted by Gasteiger charge is -2.09. The van der Waals surface area contributed by atoms with Gasteiger partial charge >= 0.3 is 0 Å². The zero-order chi connectivity index (χ0) is 13.1. The molecule has 0 aliphatic heterocycles. The Labute approximate surface area is 103 Å². The number of aromatic nitrogens is 1. The van der Waals surface area contributed by atoms with Crippen molar-refractivity contribution < 1.29 is 15.0 Å². The van der Waals surface area contributed by atoms with E-state index in [4.69, 9.17) is 5.73 Å². The molecule has 18 heavy (non-hydrogen) atoms. The van der Waals surface area contributed by atoms with E-state index in [1.165, 1.54) is 36.7 Å². The first-order valence-electron chi connectivity index (χ1n) is 5.11. The number of benzene rings is 1. The molecule has 1 aromatic carbocycles. The lowest BCUT2D eigenvalue weighted by Crippen LogP contribution is -2.13. The van der Waals surface area contributed by atoms with Crippen LogP contribution < -0.4 is 11.1 Å². The summed E-state index contributed by atoms with van der Waals surface area (Å²) in [7, 11) is 0. The van der Waals surface area contributed by atoms with Crippen molar-refractivity contribution in [1.29, 1.82) is 0 Å². The van der Waals surface area contributed by atoms with Crippen LogP contribution in [0.5, 0.6) is 11.5 Å². The van der Waals surface area contributed by atoms with Crippen molar-refractivity contribution in [2.24, 2.45) is 0 Å². The number of aromatic hydroxyl groups is 2. The lowest BCUT2D eigenvalue weighted by atomic mass is 10.1. The molecule has 0 unspecified atom stereocenters. The lowest BCUT2D eigenvalue weighted by molar-refractivity contribution is 0.102. The summed E-state index contributed by atoms with van der Waals surface area (Å²) in [4.78, 5) is 15.7. The van der Waals surface area contributed by atoms with E-state index >= 15 is 0 Å². The van der Waals surface area contributed by atoms with Gasteiger partial charge in [-0.1, -0.05) is 6.07 Å². The summed E-state index contributed by atoms with van der Waals surface area (Å²) in [6, 6.07) is 5.67. The highest BCUT2D eigenvalue weighted by atomic mass is 16.3. The van der Waals surface area contributed by atoms with E-state index in [9.17, 15) is 15.0 Å². The van der Waals surface area contributed by atoms with Crippen molar-refractivity contribution in [3.05, 3.63) is 42.2 Å². The first-order valence-corrected chi connectivity index (χ1v) is 5.11. The highest BCUT2D eigenvalue weighted by molar-refractivity contribution is 6.07. The molecule has 1 aromatic heterocycles. The molecule has 0 aliphatic carbocycles. The third kappa shape index (κ3) is 2.17. The minimum Gasteiger partial charge on any atom is -0.504 e. The van der Waals surface area contributed by atoms with Gasteiger partial charge in [-0.2, -0.15) is 0 Å². The number of hydrogen-bond acceptors (Lipinski definition) is 5. The Kier molecular flexibility index (Phi) is 3.01. The Balaban J connectivity index is 2.28. The number of nitrogens with zero attached hydrogens (tertiary/aromatic N) is 1. The average Bonchev–Trinajstić information content (AvgIpc) is 2.35. The Morgan fingerprint density at radius 3 is 2.78 bits per heavy atom. The van der Waals surface area contributed by atoms with E-state index in [1.807, 2.05) is 0 Å². The van der Waals surface area contributed by atoms with Gasteiger partial charge in [0.25, 0.3) is 5.91 Å². The fourth-order valence-electron chi connectivity index (χ4n) is 1.42. The summed E-state index contributed by atoms with van der Waals surface area (Å²) in [5.41, 5.74) is 6.29. The van der Waals surface area contributed by atoms with Crippen molar-refractivity contribution >= 4 is 17.3 Å². The van der Waals surface area contributed by atoms with Gasteiger partial charge in [-0.05, 0) is 18.2 Å². The monoisotopic (exact) mass is 245 g/mol. The second-order valence-corrected chi connectivity index (χ2v) is 3.59. The van der Waals surface area contributed by atoms with E-state index in [1.54, 1.807) is 0 Å². The van der Waals surface area contributed by atoms with Crippen molar-refractivity contribution in [2.45, 2.75) is 0 Å². The number of phenols is 2. The quantitative estimate of drug-likeness (QED) is 0.597. The number of hydrogen-bond donors (Lipinski definition) is 4. The minimum absolute atomic E-state index is 0.0359. The van der Waals surface area contributed by atoms with Crippen LogP contribution in [0.25, 0.3) is 0 Å². The van der Waals surface area contributed by atoms with E-state index in [0.717, 1.165) is 0 Å². The van der Waals surface area contributed by atoms with Gasteiger partial charge in [-0.3, -0.25) is 9.78 Å². The summed E-state index contributed by atoms with van der Waals surface area (Å²) < 4.78 is 0. The van der Waals surface area contributed by atoms with Gasteiger partial charge in [0.1, 0.15) is 0 Å². The maximum atomic E-state index is 11.9. The number of carbonyl (C=O) groups is 1. The number of nitrogen functional groups attached to an aromatic ring is 1. The standard InChI is InChI=1S/C12H11N3O3/c13-8-6-14-5-4-9(8)15-12(18)7-2-1-3-10(16)11(7)17/h1-6,16-17H,13H2,(H,14,15,18). The molecule has 0 saturated heterocycles. The molecule has 0 aliphatic rings. The molecule has 2 rings (SSSR count). The number of anilines is 2. The van der Waals surface area contributed by atoms with Crippen LogP contribution in [0.3, 0.4) is 0 Å². The number of para-hydroxylation sites is 1. The predicted octanol–water partition coefficient (Wildman–Crippen LogP) is 1.33. The van der Waals surface area contributed by atoms with Crippen molar-refractivity contribution in [2.75, 3.05) is 11.1 Å². The van der Waals surface area contributed by atoms with E-state index in [2.05, 4.69) is 10.3 Å². The Morgan fingerprint density at radius 1 is 1.28 bits per heavy atom. The van der Waals surface area contributed by atoms with Crippen LogP contribution in [0.4, 0.5) is 11.4 Å². The molecule has 5 N–H and O–H groups in total. The van der Waals surface area contributed by atoms with Crippen LogP contribution in [-0.2, 0) is 0 Å². The number of amides is 1. The second-order valence-electron chi connectivity index (χ2n) is 3.59. The molecule has 6 heteroatoms. The van der Waals surface area contributed by atoms with Crippen molar-refractivity contribution in [1.82, 2.24) is 4.98 Å². The van der Waals surface area contributed by atoms with Crippen LogP contribution in [0.2, 0.25) is 0 Å². The molecule has 2 aromatic rings. The molecule has 0 saturated carbocycles. The topological polar surface area (TPSA) is 108 Å². The first kappa shape index (κ1) is 11.7. The van der Waals surface area contributed by atoms with Crippen molar-refractivity contribution in [3.8, 4) is 11.5 Å². The average molecular weight is 245 g/mol. The van der Waals surface area contributed by atoms with Crippen LogP contribution in [0, 0.1) is 0 Å². The summed E-state index contributed by atoms with van der Waals surface area (Å²) in [6.07, 6.45) is 2.88. The third-order valence-electron chi connectivity index (χ3n) is 2.36. The van der Waals surface area contributed by atoms with Crippen molar-refractivity contribution in [3.63, 3.8) is 0 Å². The van der Waals surface area contributed by atoms with Gasteiger partial charge in [0, 0.05) is 6.20 Å². The third-order valence-corrected chi connectivity index (χ3v) is 2.36. The van der Waals surface area contributed by atoms with Gasteiger partial charge in [-0.25, -0.2) is 0 Å². The molecule has 0 radical (unpaired) electrons. The van der Waals surface area contributed by atoms with Gasteiger partial charge in [0.2, 0.25) is 0 Å².